The molecule has 4 nitrogen and oxygen atoms in total. The molecule has 25 heavy (non-hydrogen) atoms. The Kier molecular flexibility index (Phi) is 7.28. The Morgan fingerprint density at radius 1 is 1.12 bits per heavy atom. The average molecular weight is 390 g/mol. The van der Waals surface area contributed by atoms with Crippen molar-refractivity contribution in [3.8, 4) is 11.5 Å². The van der Waals surface area contributed by atoms with Crippen molar-refractivity contribution in [2.24, 2.45) is 0 Å². The highest BCUT2D eigenvalue weighted by atomic mass is 35.5. The predicted molar refractivity (Wildman–Crippen MR) is 91.7 cm³/mol. The van der Waals surface area contributed by atoms with Gasteiger partial charge in [-0.1, -0.05) is 41.4 Å². The van der Waals surface area contributed by atoms with Crippen LogP contribution in [0.5, 0.6) is 11.5 Å². The van der Waals surface area contributed by atoms with Crippen LogP contribution >= 0.6 is 23.2 Å². The topological polar surface area (TPSA) is 47.6 Å². The lowest BCUT2D eigenvalue weighted by Gasteiger charge is -2.10. The van der Waals surface area contributed by atoms with E-state index < -0.39 is 6.61 Å². The first-order valence-electron chi connectivity index (χ1n) is 7.33. The van der Waals surface area contributed by atoms with E-state index in [9.17, 15) is 13.6 Å². The predicted octanol–water partition coefficient (Wildman–Crippen LogP) is 4.33. The summed E-state index contributed by atoms with van der Waals surface area (Å²) in [6.45, 7) is -2.67. The average Bonchev–Trinajstić information content (AvgIpc) is 2.57. The number of amides is 1. The van der Waals surface area contributed by atoms with Crippen molar-refractivity contribution >= 4 is 29.1 Å². The molecule has 0 aliphatic heterocycles. The number of nitrogens with one attached hydrogen (secondary N) is 1. The minimum Gasteiger partial charge on any atom is -0.482 e. The maximum Gasteiger partial charge on any atom is 0.387 e. The van der Waals surface area contributed by atoms with Crippen LogP contribution in [0.4, 0.5) is 8.78 Å². The molecule has 0 atom stereocenters. The van der Waals surface area contributed by atoms with E-state index in [1.54, 1.807) is 30.3 Å². The normalized spacial score (nSPS) is 10.6. The molecule has 0 aliphatic carbocycles. The molecule has 2 rings (SSSR count). The SMILES string of the molecule is O=C(COc1cccc(Cl)c1Cl)NCCc1ccc(OC(F)F)cc1. The number of benzene rings is 2. The summed E-state index contributed by atoms with van der Waals surface area (Å²) in [5.74, 6) is 0.113. The number of halogens is 4. The van der Waals surface area contributed by atoms with Crippen molar-refractivity contribution in [1.82, 2.24) is 5.32 Å². The third-order valence-electron chi connectivity index (χ3n) is 3.16. The highest BCUT2D eigenvalue weighted by Crippen LogP contribution is 2.31. The summed E-state index contributed by atoms with van der Waals surface area (Å²) in [4.78, 5) is 11.8. The molecule has 0 radical (unpaired) electrons. The molecule has 0 heterocycles. The monoisotopic (exact) mass is 389 g/mol. The zero-order chi connectivity index (χ0) is 18.2. The van der Waals surface area contributed by atoms with Gasteiger partial charge in [-0.25, -0.2) is 0 Å². The first-order valence-corrected chi connectivity index (χ1v) is 8.08. The number of rotatable bonds is 8. The molecule has 0 spiro atoms. The van der Waals surface area contributed by atoms with E-state index in [1.807, 2.05) is 0 Å². The summed E-state index contributed by atoms with van der Waals surface area (Å²) in [5.41, 5.74) is 0.876. The maximum absolute atomic E-state index is 12.1. The van der Waals surface area contributed by atoms with E-state index in [1.165, 1.54) is 12.1 Å². The highest BCUT2D eigenvalue weighted by molar-refractivity contribution is 6.42. The molecule has 2 aromatic rings. The second kappa shape index (κ2) is 9.44. The van der Waals surface area contributed by atoms with Crippen molar-refractivity contribution < 1.29 is 23.0 Å². The number of carbonyl (C=O) groups excluding carboxylic acids is 1. The van der Waals surface area contributed by atoms with Crippen molar-refractivity contribution in [1.29, 1.82) is 0 Å². The number of ether oxygens (including phenoxy) is 2. The number of hydrogen-bond donors (Lipinski definition) is 1. The molecular formula is C17H15Cl2F2NO3. The van der Waals surface area contributed by atoms with Crippen LogP contribution in [0, 0.1) is 0 Å². The van der Waals surface area contributed by atoms with Gasteiger partial charge in [-0.3, -0.25) is 4.79 Å². The lowest BCUT2D eigenvalue weighted by Crippen LogP contribution is -2.30. The Morgan fingerprint density at radius 2 is 1.84 bits per heavy atom. The van der Waals surface area contributed by atoms with Gasteiger partial charge >= 0.3 is 6.61 Å². The fourth-order valence-corrected chi connectivity index (χ4v) is 2.32. The van der Waals surface area contributed by atoms with Gasteiger partial charge < -0.3 is 14.8 Å². The van der Waals surface area contributed by atoms with Gasteiger partial charge in [0.25, 0.3) is 5.91 Å². The molecule has 1 N–H and O–H groups in total. The quantitative estimate of drug-likeness (QED) is 0.730. The van der Waals surface area contributed by atoms with E-state index in [2.05, 4.69) is 10.1 Å². The molecule has 2 aromatic carbocycles. The summed E-state index contributed by atoms with van der Waals surface area (Å²) in [6, 6.07) is 11.1. The molecule has 0 aliphatic rings. The standard InChI is InChI=1S/C17H15Cl2F2NO3/c18-13-2-1-3-14(16(13)19)24-10-15(23)22-9-8-11-4-6-12(7-5-11)25-17(20)21/h1-7,17H,8-10H2,(H,22,23). The summed E-state index contributed by atoms with van der Waals surface area (Å²) in [6.07, 6.45) is 0.540. The number of alkyl halides is 2. The minimum absolute atomic E-state index is 0.0922. The van der Waals surface area contributed by atoms with Crippen LogP contribution in [-0.2, 0) is 11.2 Å². The zero-order valence-corrected chi connectivity index (χ0v) is 14.5. The molecule has 0 aromatic heterocycles. The fourth-order valence-electron chi connectivity index (χ4n) is 1.97. The van der Waals surface area contributed by atoms with Gasteiger partial charge in [-0.2, -0.15) is 8.78 Å². The van der Waals surface area contributed by atoms with Gasteiger partial charge in [0.05, 0.1) is 5.02 Å². The molecule has 1 amide bonds. The molecular weight excluding hydrogens is 375 g/mol. The lowest BCUT2D eigenvalue weighted by molar-refractivity contribution is -0.123. The minimum atomic E-state index is -2.85. The third kappa shape index (κ3) is 6.40. The van der Waals surface area contributed by atoms with Gasteiger partial charge in [0.1, 0.15) is 16.5 Å². The van der Waals surface area contributed by atoms with Crippen LogP contribution in [0.15, 0.2) is 42.5 Å². The molecule has 8 heteroatoms. The van der Waals surface area contributed by atoms with Gasteiger partial charge in [-0.15, -0.1) is 0 Å². The second-order valence-corrected chi connectivity index (χ2v) is 5.75. The Morgan fingerprint density at radius 3 is 2.52 bits per heavy atom. The van der Waals surface area contributed by atoms with Crippen molar-refractivity contribution in [2.45, 2.75) is 13.0 Å². The highest BCUT2D eigenvalue weighted by Gasteiger charge is 2.08. The summed E-state index contributed by atoms with van der Waals surface area (Å²) < 4.78 is 33.7. The molecule has 0 unspecified atom stereocenters. The van der Waals surface area contributed by atoms with Crippen LogP contribution < -0.4 is 14.8 Å². The molecule has 0 saturated heterocycles. The Balaban J connectivity index is 1.72. The van der Waals surface area contributed by atoms with E-state index >= 15 is 0 Å². The number of carbonyl (C=O) groups is 1. The first-order chi connectivity index (χ1) is 12.0. The van der Waals surface area contributed by atoms with Crippen molar-refractivity contribution in [2.75, 3.05) is 13.2 Å². The summed E-state index contributed by atoms with van der Waals surface area (Å²) in [5, 5.41) is 3.29. The van der Waals surface area contributed by atoms with Gasteiger partial charge in [0.15, 0.2) is 6.61 Å². The van der Waals surface area contributed by atoms with Gasteiger partial charge in [-0.05, 0) is 36.2 Å². The Hall–Kier alpha value is -2.05. The van der Waals surface area contributed by atoms with Crippen LogP contribution in [0.3, 0.4) is 0 Å². The zero-order valence-electron chi connectivity index (χ0n) is 13.0. The summed E-state index contributed by atoms with van der Waals surface area (Å²) >= 11 is 11.8. The van der Waals surface area contributed by atoms with Crippen LogP contribution in [0.1, 0.15) is 5.56 Å². The lowest BCUT2D eigenvalue weighted by atomic mass is 10.1. The van der Waals surface area contributed by atoms with E-state index in [0.717, 1.165) is 5.56 Å². The van der Waals surface area contributed by atoms with E-state index in [4.69, 9.17) is 27.9 Å². The van der Waals surface area contributed by atoms with E-state index in [-0.39, 0.29) is 23.3 Å². The Bertz CT molecular complexity index is 712. The number of hydrogen-bond acceptors (Lipinski definition) is 3. The van der Waals surface area contributed by atoms with E-state index in [0.29, 0.717) is 23.7 Å². The summed E-state index contributed by atoms with van der Waals surface area (Å²) in [7, 11) is 0. The van der Waals surface area contributed by atoms with Gasteiger partial charge in [0.2, 0.25) is 0 Å². The molecule has 0 fully saturated rings. The van der Waals surface area contributed by atoms with Crippen molar-refractivity contribution in [3.63, 3.8) is 0 Å². The maximum atomic E-state index is 12.1. The first kappa shape index (κ1) is 19.3. The third-order valence-corrected chi connectivity index (χ3v) is 3.96. The molecule has 0 bridgehead atoms. The van der Waals surface area contributed by atoms with Crippen LogP contribution in [0.2, 0.25) is 10.0 Å². The van der Waals surface area contributed by atoms with Crippen LogP contribution in [-0.4, -0.2) is 25.7 Å². The van der Waals surface area contributed by atoms with Crippen molar-refractivity contribution in [3.05, 3.63) is 58.1 Å². The fraction of sp³-hybridized carbons (Fsp3) is 0.235. The Labute approximate surface area is 153 Å². The largest absolute Gasteiger partial charge is 0.482 e. The molecule has 134 valence electrons. The van der Waals surface area contributed by atoms with Crippen LogP contribution in [0.25, 0.3) is 0 Å². The molecule has 0 saturated carbocycles. The smallest absolute Gasteiger partial charge is 0.387 e. The second-order valence-electron chi connectivity index (χ2n) is 4.96. The van der Waals surface area contributed by atoms with Gasteiger partial charge in [0, 0.05) is 6.54 Å².